The first kappa shape index (κ1) is 16.9. The quantitative estimate of drug-likeness (QED) is 0.870. The molecule has 0 aliphatic heterocycles. The van der Waals surface area contributed by atoms with Crippen LogP contribution >= 0.6 is 12.4 Å². The number of nitrogens with two attached hydrogens (primary N) is 1. The lowest BCUT2D eigenvalue weighted by atomic mass is 10.1. The van der Waals surface area contributed by atoms with Crippen molar-refractivity contribution in [3.63, 3.8) is 0 Å². The van der Waals surface area contributed by atoms with E-state index in [1.807, 2.05) is 0 Å². The molecule has 0 heterocycles. The Balaban J connectivity index is 0.00000200. The van der Waals surface area contributed by atoms with E-state index in [1.165, 1.54) is 13.2 Å². The highest BCUT2D eigenvalue weighted by Crippen LogP contribution is 2.29. The number of halogens is 2. The lowest BCUT2D eigenvalue weighted by Crippen LogP contribution is -2.46. The Bertz CT molecular complexity index is 455. The molecule has 1 fully saturated rings. The van der Waals surface area contributed by atoms with E-state index in [9.17, 15) is 9.18 Å². The number of carbonyl (C=O) groups is 1. The van der Waals surface area contributed by atoms with Gasteiger partial charge in [-0.1, -0.05) is 18.2 Å². The highest BCUT2D eigenvalue weighted by Gasteiger charge is 2.35. The van der Waals surface area contributed by atoms with Crippen LogP contribution in [0.2, 0.25) is 0 Å². The van der Waals surface area contributed by atoms with Crippen molar-refractivity contribution in [2.24, 2.45) is 5.73 Å². The summed E-state index contributed by atoms with van der Waals surface area (Å²) in [5, 5.41) is 0. The van der Waals surface area contributed by atoms with Crippen molar-refractivity contribution in [1.29, 1.82) is 0 Å². The summed E-state index contributed by atoms with van der Waals surface area (Å²) in [5.41, 5.74) is 6.30. The van der Waals surface area contributed by atoms with Crippen molar-refractivity contribution in [2.45, 2.75) is 31.5 Å². The zero-order valence-corrected chi connectivity index (χ0v) is 12.2. The lowest BCUT2D eigenvalue weighted by molar-refractivity contribution is -0.135. The van der Waals surface area contributed by atoms with Gasteiger partial charge in [0.15, 0.2) is 0 Å². The normalized spacial score (nSPS) is 15.3. The molecule has 1 amide bonds. The number of ether oxygens (including phenoxy) is 1. The summed E-state index contributed by atoms with van der Waals surface area (Å²) in [5.74, 6) is -0.464. The number of carbonyl (C=O) groups excluding carboxylic acids is 1. The molecule has 1 saturated carbocycles. The van der Waals surface area contributed by atoms with E-state index in [4.69, 9.17) is 10.5 Å². The first-order valence-corrected chi connectivity index (χ1v) is 6.42. The molecule has 1 aromatic rings. The lowest BCUT2D eigenvalue weighted by Gasteiger charge is -2.25. The predicted molar refractivity (Wildman–Crippen MR) is 77.1 cm³/mol. The molecule has 2 rings (SSSR count). The molecule has 4 nitrogen and oxygen atoms in total. The SMILES string of the molecule is COCC(N)C(=O)N(Cc1ccccc1F)C1CC1.Cl. The van der Waals surface area contributed by atoms with E-state index in [0.717, 1.165) is 12.8 Å². The first-order valence-electron chi connectivity index (χ1n) is 6.42. The molecule has 6 heteroatoms. The van der Waals surface area contributed by atoms with Crippen molar-refractivity contribution < 1.29 is 13.9 Å². The molecule has 0 radical (unpaired) electrons. The zero-order chi connectivity index (χ0) is 13.8. The number of benzene rings is 1. The van der Waals surface area contributed by atoms with Crippen molar-refractivity contribution in [3.8, 4) is 0 Å². The first-order chi connectivity index (χ1) is 9.13. The summed E-state index contributed by atoms with van der Waals surface area (Å²) < 4.78 is 18.6. The maximum absolute atomic E-state index is 13.7. The highest BCUT2D eigenvalue weighted by atomic mass is 35.5. The van der Waals surface area contributed by atoms with Gasteiger partial charge in [-0.3, -0.25) is 4.79 Å². The summed E-state index contributed by atoms with van der Waals surface area (Å²) >= 11 is 0. The summed E-state index contributed by atoms with van der Waals surface area (Å²) in [4.78, 5) is 13.9. The second kappa shape index (κ2) is 7.57. The molecule has 0 bridgehead atoms. The van der Waals surface area contributed by atoms with Crippen LogP contribution in [0.15, 0.2) is 24.3 Å². The molecule has 0 aromatic heterocycles. The van der Waals surface area contributed by atoms with Crippen LogP contribution in [0, 0.1) is 5.82 Å². The van der Waals surface area contributed by atoms with Gasteiger partial charge in [0.25, 0.3) is 0 Å². The van der Waals surface area contributed by atoms with Gasteiger partial charge in [-0.25, -0.2) is 4.39 Å². The Labute approximate surface area is 124 Å². The third-order valence-electron chi connectivity index (χ3n) is 3.23. The van der Waals surface area contributed by atoms with Gasteiger partial charge in [-0.05, 0) is 18.9 Å². The maximum Gasteiger partial charge on any atom is 0.242 e. The highest BCUT2D eigenvalue weighted by molar-refractivity contribution is 5.85. The Morgan fingerprint density at radius 2 is 2.15 bits per heavy atom. The fourth-order valence-electron chi connectivity index (χ4n) is 2.05. The molecule has 0 spiro atoms. The van der Waals surface area contributed by atoms with Gasteiger partial charge < -0.3 is 15.4 Å². The van der Waals surface area contributed by atoms with Gasteiger partial charge >= 0.3 is 0 Å². The van der Waals surface area contributed by atoms with E-state index in [0.29, 0.717) is 5.56 Å². The number of rotatable bonds is 6. The minimum atomic E-state index is -0.683. The van der Waals surface area contributed by atoms with Gasteiger partial charge in [0.2, 0.25) is 5.91 Å². The molecule has 112 valence electrons. The fraction of sp³-hybridized carbons (Fsp3) is 0.500. The smallest absolute Gasteiger partial charge is 0.242 e. The van der Waals surface area contributed by atoms with Gasteiger partial charge in [0, 0.05) is 25.3 Å². The average molecular weight is 303 g/mol. The minimum Gasteiger partial charge on any atom is -0.383 e. The van der Waals surface area contributed by atoms with Crippen LogP contribution in [0.3, 0.4) is 0 Å². The molecule has 20 heavy (non-hydrogen) atoms. The largest absolute Gasteiger partial charge is 0.383 e. The molecule has 2 N–H and O–H groups in total. The van der Waals surface area contributed by atoms with Crippen LogP contribution in [0.25, 0.3) is 0 Å². The van der Waals surface area contributed by atoms with Crippen LogP contribution in [-0.4, -0.2) is 36.6 Å². The third kappa shape index (κ3) is 4.16. The molecule has 1 unspecified atom stereocenters. The zero-order valence-electron chi connectivity index (χ0n) is 11.4. The van der Waals surface area contributed by atoms with Crippen molar-refractivity contribution in [2.75, 3.05) is 13.7 Å². The molecular formula is C14H20ClFN2O2. The Morgan fingerprint density at radius 1 is 1.50 bits per heavy atom. The van der Waals surface area contributed by atoms with Crippen molar-refractivity contribution in [1.82, 2.24) is 4.90 Å². The van der Waals surface area contributed by atoms with Crippen LogP contribution < -0.4 is 5.73 Å². The summed E-state index contributed by atoms with van der Waals surface area (Å²) in [7, 11) is 1.51. The molecule has 1 aromatic carbocycles. The third-order valence-corrected chi connectivity index (χ3v) is 3.23. The Kier molecular flexibility index (Phi) is 6.39. The fourth-order valence-corrected chi connectivity index (χ4v) is 2.05. The van der Waals surface area contributed by atoms with Crippen molar-refractivity contribution >= 4 is 18.3 Å². The summed E-state index contributed by atoms with van der Waals surface area (Å²) in [6, 6.07) is 6.01. The Hall–Kier alpha value is -1.17. The van der Waals surface area contributed by atoms with E-state index in [-0.39, 0.29) is 43.3 Å². The molecule has 1 aliphatic rings. The Morgan fingerprint density at radius 3 is 2.70 bits per heavy atom. The topological polar surface area (TPSA) is 55.6 Å². The van der Waals surface area contributed by atoms with Crippen LogP contribution in [-0.2, 0) is 16.1 Å². The molecule has 0 saturated heterocycles. The minimum absolute atomic E-state index is 0. The second-order valence-corrected chi connectivity index (χ2v) is 4.85. The van der Waals surface area contributed by atoms with E-state index in [2.05, 4.69) is 0 Å². The van der Waals surface area contributed by atoms with Gasteiger partial charge in [0.05, 0.1) is 6.61 Å². The number of nitrogens with zero attached hydrogens (tertiary/aromatic N) is 1. The predicted octanol–water partition coefficient (Wildman–Crippen LogP) is 1.71. The maximum atomic E-state index is 13.7. The number of amides is 1. The monoisotopic (exact) mass is 302 g/mol. The van der Waals surface area contributed by atoms with E-state index >= 15 is 0 Å². The molecule has 1 aliphatic carbocycles. The summed E-state index contributed by atoms with van der Waals surface area (Å²) in [6.07, 6.45) is 1.92. The average Bonchev–Trinajstić information content (AvgIpc) is 3.21. The van der Waals surface area contributed by atoms with Crippen molar-refractivity contribution in [3.05, 3.63) is 35.6 Å². The number of hydrogen-bond donors (Lipinski definition) is 1. The van der Waals surface area contributed by atoms with Gasteiger partial charge in [-0.15, -0.1) is 12.4 Å². The van der Waals surface area contributed by atoms with Gasteiger partial charge in [0.1, 0.15) is 11.9 Å². The van der Waals surface area contributed by atoms with Crippen LogP contribution in [0.4, 0.5) is 4.39 Å². The van der Waals surface area contributed by atoms with Crippen LogP contribution in [0.1, 0.15) is 18.4 Å². The van der Waals surface area contributed by atoms with E-state index < -0.39 is 6.04 Å². The molecule has 1 atom stereocenters. The summed E-state index contributed by atoms with van der Waals surface area (Å²) in [6.45, 7) is 0.451. The van der Waals surface area contributed by atoms with Gasteiger partial charge in [-0.2, -0.15) is 0 Å². The second-order valence-electron chi connectivity index (χ2n) is 4.85. The molecular weight excluding hydrogens is 283 g/mol. The standard InChI is InChI=1S/C14H19FN2O2.ClH/c1-19-9-13(16)14(18)17(11-6-7-11)8-10-4-2-3-5-12(10)15;/h2-5,11,13H,6-9,16H2,1H3;1H. The van der Waals surface area contributed by atoms with E-state index in [1.54, 1.807) is 23.1 Å². The number of methoxy groups -OCH3 is 1. The van der Waals surface area contributed by atoms with Crippen LogP contribution in [0.5, 0.6) is 0 Å². The number of hydrogen-bond acceptors (Lipinski definition) is 3.